The molecular weight excluding hydrogens is 196 g/mol. The van der Waals surface area contributed by atoms with Gasteiger partial charge in [-0.2, -0.15) is 0 Å². The normalized spacial score (nSPS) is 21.9. The van der Waals surface area contributed by atoms with Gasteiger partial charge in [-0.3, -0.25) is 14.5 Å². The summed E-state index contributed by atoms with van der Waals surface area (Å²) >= 11 is 0. The first-order valence-electron chi connectivity index (χ1n) is 5.00. The zero-order valence-electron chi connectivity index (χ0n) is 9.45. The summed E-state index contributed by atoms with van der Waals surface area (Å²) in [5, 5.41) is 0. The lowest BCUT2D eigenvalue weighted by Crippen LogP contribution is -2.58. The molecule has 0 saturated carbocycles. The molecule has 0 spiro atoms. The topological polar surface area (TPSA) is 72.6 Å². The summed E-state index contributed by atoms with van der Waals surface area (Å²) in [5.74, 6) is -0.584. The number of nitrogens with two attached hydrogens (primary N) is 1. The Kier molecular flexibility index (Phi) is 3.34. The highest BCUT2D eigenvalue weighted by atomic mass is 16.5. The molecule has 0 aromatic carbocycles. The Hall–Kier alpha value is -1.10. The predicted molar refractivity (Wildman–Crippen MR) is 55.0 cm³/mol. The van der Waals surface area contributed by atoms with Crippen LogP contribution in [0.25, 0.3) is 0 Å². The second kappa shape index (κ2) is 4.18. The molecule has 86 valence electrons. The van der Waals surface area contributed by atoms with E-state index >= 15 is 0 Å². The number of hydrogen-bond donors (Lipinski definition) is 1. The molecular formula is C10H18N2O3. The van der Waals surface area contributed by atoms with Crippen molar-refractivity contribution in [3.63, 3.8) is 0 Å². The molecule has 1 aliphatic rings. The highest BCUT2D eigenvalue weighted by molar-refractivity contribution is 5.81. The summed E-state index contributed by atoms with van der Waals surface area (Å²) in [6, 6.07) is -0.214. The first-order valence-corrected chi connectivity index (χ1v) is 5.00. The van der Waals surface area contributed by atoms with E-state index in [0.29, 0.717) is 6.54 Å². The summed E-state index contributed by atoms with van der Waals surface area (Å²) in [6.07, 6.45) is 0.784. The van der Waals surface area contributed by atoms with Crippen LogP contribution in [-0.2, 0) is 14.3 Å². The van der Waals surface area contributed by atoms with E-state index in [2.05, 4.69) is 0 Å². The largest absolute Gasteiger partial charge is 0.469 e. The van der Waals surface area contributed by atoms with E-state index in [-0.39, 0.29) is 17.9 Å². The van der Waals surface area contributed by atoms with E-state index in [1.165, 1.54) is 7.11 Å². The minimum atomic E-state index is -0.594. The average molecular weight is 214 g/mol. The van der Waals surface area contributed by atoms with Crippen molar-refractivity contribution in [2.45, 2.75) is 26.3 Å². The van der Waals surface area contributed by atoms with Gasteiger partial charge in [0.05, 0.1) is 18.6 Å². The summed E-state index contributed by atoms with van der Waals surface area (Å²) in [6.45, 7) is 4.92. The number of nitrogens with zero attached hydrogens (tertiary/aromatic N) is 1. The van der Waals surface area contributed by atoms with Gasteiger partial charge in [0.1, 0.15) is 0 Å². The Morgan fingerprint density at radius 2 is 2.13 bits per heavy atom. The van der Waals surface area contributed by atoms with E-state index < -0.39 is 5.41 Å². The molecule has 0 aliphatic carbocycles. The SMILES string of the molecule is COC(=O)C(C)(C)CN1CCC1C(N)=O. The van der Waals surface area contributed by atoms with Crippen molar-refractivity contribution < 1.29 is 14.3 Å². The highest BCUT2D eigenvalue weighted by Crippen LogP contribution is 2.25. The maximum Gasteiger partial charge on any atom is 0.312 e. The molecule has 1 unspecified atom stereocenters. The van der Waals surface area contributed by atoms with Crippen LogP contribution in [0.5, 0.6) is 0 Å². The van der Waals surface area contributed by atoms with Crippen LogP contribution in [0.4, 0.5) is 0 Å². The Bertz CT molecular complexity index is 276. The summed E-state index contributed by atoms with van der Waals surface area (Å²) in [7, 11) is 1.37. The van der Waals surface area contributed by atoms with E-state index in [1.807, 2.05) is 4.90 Å². The van der Waals surface area contributed by atoms with Crippen molar-refractivity contribution >= 4 is 11.9 Å². The lowest BCUT2D eigenvalue weighted by atomic mass is 9.89. The first kappa shape index (κ1) is 12.0. The molecule has 1 amide bonds. The number of carbonyl (C=O) groups is 2. The van der Waals surface area contributed by atoms with Crippen molar-refractivity contribution in [1.29, 1.82) is 0 Å². The molecule has 1 heterocycles. The van der Waals surface area contributed by atoms with Crippen LogP contribution in [-0.4, -0.2) is 43.0 Å². The van der Waals surface area contributed by atoms with Crippen LogP contribution in [0, 0.1) is 5.41 Å². The third-order valence-electron chi connectivity index (χ3n) is 2.80. The number of hydrogen-bond acceptors (Lipinski definition) is 4. The summed E-state index contributed by atoms with van der Waals surface area (Å²) in [5.41, 5.74) is 4.62. The molecule has 0 aromatic heterocycles. The van der Waals surface area contributed by atoms with Gasteiger partial charge in [-0.05, 0) is 20.3 Å². The van der Waals surface area contributed by atoms with Gasteiger partial charge >= 0.3 is 5.97 Å². The van der Waals surface area contributed by atoms with E-state index in [1.54, 1.807) is 13.8 Å². The van der Waals surface area contributed by atoms with Gasteiger partial charge in [0.2, 0.25) is 5.91 Å². The zero-order chi connectivity index (χ0) is 11.6. The van der Waals surface area contributed by atoms with Crippen molar-refractivity contribution in [3.05, 3.63) is 0 Å². The van der Waals surface area contributed by atoms with Crippen molar-refractivity contribution in [2.24, 2.45) is 11.1 Å². The van der Waals surface area contributed by atoms with Crippen LogP contribution in [0.2, 0.25) is 0 Å². The fraction of sp³-hybridized carbons (Fsp3) is 0.800. The van der Waals surface area contributed by atoms with Gasteiger partial charge in [0.25, 0.3) is 0 Å². The molecule has 0 aromatic rings. The Morgan fingerprint density at radius 1 is 1.53 bits per heavy atom. The van der Waals surface area contributed by atoms with Crippen LogP contribution < -0.4 is 5.73 Å². The van der Waals surface area contributed by atoms with E-state index in [9.17, 15) is 9.59 Å². The molecule has 1 fully saturated rings. The molecule has 1 atom stereocenters. The number of methoxy groups -OCH3 is 1. The molecule has 5 heteroatoms. The summed E-state index contributed by atoms with van der Waals surface area (Å²) < 4.78 is 4.70. The van der Waals surface area contributed by atoms with Crippen molar-refractivity contribution in [3.8, 4) is 0 Å². The number of carbonyl (C=O) groups excluding carboxylic acids is 2. The average Bonchev–Trinajstić information content (AvgIpc) is 2.10. The fourth-order valence-electron chi connectivity index (χ4n) is 1.80. The minimum Gasteiger partial charge on any atom is -0.469 e. The zero-order valence-corrected chi connectivity index (χ0v) is 9.45. The minimum absolute atomic E-state index is 0.214. The molecule has 0 bridgehead atoms. The second-order valence-corrected chi connectivity index (χ2v) is 4.55. The third kappa shape index (κ3) is 2.47. The first-order chi connectivity index (χ1) is 6.88. The van der Waals surface area contributed by atoms with E-state index in [4.69, 9.17) is 10.5 Å². The molecule has 0 radical (unpaired) electrons. The Balaban J connectivity index is 2.55. The standard InChI is InChI=1S/C10H18N2O3/c1-10(2,9(14)15-3)6-12-5-4-7(12)8(11)13/h7H,4-6H2,1-3H3,(H2,11,13). The smallest absolute Gasteiger partial charge is 0.312 e. The van der Waals surface area contributed by atoms with Crippen LogP contribution >= 0.6 is 0 Å². The third-order valence-corrected chi connectivity index (χ3v) is 2.80. The fourth-order valence-corrected chi connectivity index (χ4v) is 1.80. The summed E-state index contributed by atoms with van der Waals surface area (Å²) in [4.78, 5) is 24.3. The molecule has 5 nitrogen and oxygen atoms in total. The number of rotatable bonds is 4. The van der Waals surface area contributed by atoms with Crippen LogP contribution in [0.3, 0.4) is 0 Å². The highest BCUT2D eigenvalue weighted by Gasteiger charge is 2.39. The lowest BCUT2D eigenvalue weighted by molar-refractivity contribution is -0.154. The monoisotopic (exact) mass is 214 g/mol. The number of ether oxygens (including phenoxy) is 1. The van der Waals surface area contributed by atoms with E-state index in [0.717, 1.165) is 13.0 Å². The maximum atomic E-state index is 11.4. The lowest BCUT2D eigenvalue weighted by Gasteiger charge is -2.42. The molecule has 1 aliphatic heterocycles. The van der Waals surface area contributed by atoms with Gasteiger partial charge in [-0.1, -0.05) is 0 Å². The molecule has 15 heavy (non-hydrogen) atoms. The quantitative estimate of drug-likeness (QED) is 0.655. The number of amides is 1. The number of primary amides is 1. The molecule has 1 rings (SSSR count). The van der Waals surface area contributed by atoms with Crippen LogP contribution in [0.15, 0.2) is 0 Å². The van der Waals surface area contributed by atoms with Gasteiger partial charge < -0.3 is 10.5 Å². The number of likely N-dealkylation sites (tertiary alicyclic amines) is 1. The predicted octanol–water partition coefficient (Wildman–Crippen LogP) is -0.255. The molecule has 2 N–H and O–H groups in total. The van der Waals surface area contributed by atoms with Gasteiger partial charge in [-0.25, -0.2) is 0 Å². The number of esters is 1. The maximum absolute atomic E-state index is 11.4. The van der Waals surface area contributed by atoms with Crippen molar-refractivity contribution in [1.82, 2.24) is 4.90 Å². The Morgan fingerprint density at radius 3 is 2.47 bits per heavy atom. The second-order valence-electron chi connectivity index (χ2n) is 4.55. The molecule has 1 saturated heterocycles. The van der Waals surface area contributed by atoms with Gasteiger partial charge in [0.15, 0.2) is 0 Å². The van der Waals surface area contributed by atoms with Crippen LogP contribution in [0.1, 0.15) is 20.3 Å². The van der Waals surface area contributed by atoms with Crippen molar-refractivity contribution in [2.75, 3.05) is 20.2 Å². The van der Waals surface area contributed by atoms with Gasteiger partial charge in [0, 0.05) is 13.1 Å². The Labute approximate surface area is 89.6 Å². The van der Waals surface area contributed by atoms with Gasteiger partial charge in [-0.15, -0.1) is 0 Å².